The van der Waals surface area contributed by atoms with Crippen LogP contribution in [0.5, 0.6) is 0 Å². The van der Waals surface area contributed by atoms with Crippen LogP contribution in [-0.2, 0) is 4.79 Å². The number of rotatable bonds is 54. The molecule has 2 atom stereocenters. The highest BCUT2D eigenvalue weighted by molar-refractivity contribution is 5.76. The Labute approximate surface area is 396 Å². The fourth-order valence-corrected chi connectivity index (χ4v) is 9.28. The van der Waals surface area contributed by atoms with E-state index in [9.17, 15) is 15.0 Å². The molecule has 374 valence electrons. The number of carbonyl (C=O) groups is 1. The summed E-state index contributed by atoms with van der Waals surface area (Å²) in [5.41, 5.74) is 0. The highest BCUT2D eigenvalue weighted by Crippen LogP contribution is 2.18. The Hall–Kier alpha value is -1.13. The van der Waals surface area contributed by atoms with E-state index in [0.717, 1.165) is 32.1 Å². The summed E-state index contributed by atoms with van der Waals surface area (Å²) in [5, 5.41) is 23.4. The van der Waals surface area contributed by atoms with E-state index in [4.69, 9.17) is 0 Å². The summed E-state index contributed by atoms with van der Waals surface area (Å²) in [6.07, 6.45) is 73.1. The van der Waals surface area contributed by atoms with Crippen molar-refractivity contribution in [1.82, 2.24) is 5.32 Å². The SMILES string of the molecule is CCCCCCCCCCC/C=C\C/C=C\CCCCCCCCCCCCCC(=O)NC(CO)C(O)CCCCCCCCCCCCCCCCCCCCCCCCCC. The largest absolute Gasteiger partial charge is 0.394 e. The van der Waals surface area contributed by atoms with E-state index < -0.39 is 12.1 Å². The van der Waals surface area contributed by atoms with Crippen molar-refractivity contribution in [2.75, 3.05) is 6.61 Å². The summed E-state index contributed by atoms with van der Waals surface area (Å²) in [6.45, 7) is 4.39. The van der Waals surface area contributed by atoms with Gasteiger partial charge in [-0.1, -0.05) is 301 Å². The number of hydrogen-bond donors (Lipinski definition) is 3. The van der Waals surface area contributed by atoms with Crippen LogP contribution in [0.25, 0.3) is 0 Å². The number of aliphatic hydroxyl groups is 2. The number of nitrogens with one attached hydrogen (secondary N) is 1. The van der Waals surface area contributed by atoms with Crippen molar-refractivity contribution in [3.63, 3.8) is 0 Å². The number of hydrogen-bond acceptors (Lipinski definition) is 3. The normalized spacial score (nSPS) is 12.9. The molecule has 3 N–H and O–H groups in total. The molecule has 0 saturated carbocycles. The standard InChI is InChI=1S/C59H115NO3/c1-3-5-7-9-11-13-15-17-19-21-23-25-27-29-30-31-33-35-37-39-41-43-45-47-49-51-53-55-59(63)60-57(56-61)58(62)54-52-50-48-46-44-42-40-38-36-34-32-28-26-24-22-20-18-16-14-12-10-8-6-4-2/h23,25,29-30,57-58,61-62H,3-22,24,26-28,31-56H2,1-2H3,(H,60,63)/b25-23-,30-29-. The second-order valence-corrected chi connectivity index (χ2v) is 20.1. The fraction of sp³-hybridized carbons (Fsp3) is 0.915. The van der Waals surface area contributed by atoms with Gasteiger partial charge in [-0.25, -0.2) is 0 Å². The predicted molar refractivity (Wildman–Crippen MR) is 281 cm³/mol. The van der Waals surface area contributed by atoms with Crippen LogP contribution in [-0.4, -0.2) is 34.9 Å². The number of amides is 1. The second-order valence-electron chi connectivity index (χ2n) is 20.1. The Morgan fingerprint density at radius 2 is 0.651 bits per heavy atom. The first-order valence-electron chi connectivity index (χ1n) is 29.0. The van der Waals surface area contributed by atoms with Gasteiger partial charge >= 0.3 is 0 Å². The van der Waals surface area contributed by atoms with Gasteiger partial charge in [-0.2, -0.15) is 0 Å². The summed E-state index contributed by atoms with van der Waals surface area (Å²) in [7, 11) is 0. The third-order valence-corrected chi connectivity index (χ3v) is 13.7. The lowest BCUT2D eigenvalue weighted by Crippen LogP contribution is -2.45. The molecule has 0 aliphatic heterocycles. The second kappa shape index (κ2) is 55.2. The summed E-state index contributed by atoms with van der Waals surface area (Å²) >= 11 is 0. The summed E-state index contributed by atoms with van der Waals surface area (Å²) in [6, 6.07) is -0.537. The average molecular weight is 887 g/mol. The van der Waals surface area contributed by atoms with Crippen LogP contribution in [0.3, 0.4) is 0 Å². The highest BCUT2D eigenvalue weighted by Gasteiger charge is 2.20. The maximum Gasteiger partial charge on any atom is 0.220 e. The third kappa shape index (κ3) is 51.7. The van der Waals surface area contributed by atoms with Crippen LogP contribution in [0.15, 0.2) is 24.3 Å². The van der Waals surface area contributed by atoms with Gasteiger partial charge in [0.1, 0.15) is 0 Å². The van der Waals surface area contributed by atoms with E-state index >= 15 is 0 Å². The van der Waals surface area contributed by atoms with Crippen LogP contribution < -0.4 is 5.32 Å². The van der Waals surface area contributed by atoms with Crippen molar-refractivity contribution in [2.24, 2.45) is 0 Å². The fourth-order valence-electron chi connectivity index (χ4n) is 9.28. The molecule has 1 amide bonds. The third-order valence-electron chi connectivity index (χ3n) is 13.7. The molecule has 0 aromatic heterocycles. The van der Waals surface area contributed by atoms with Crippen molar-refractivity contribution >= 4 is 5.91 Å². The van der Waals surface area contributed by atoms with Crippen LogP contribution >= 0.6 is 0 Å². The number of unbranched alkanes of at least 4 members (excludes halogenated alkanes) is 43. The monoisotopic (exact) mass is 886 g/mol. The molecular formula is C59H115NO3. The molecule has 4 heteroatoms. The Morgan fingerprint density at radius 3 is 0.952 bits per heavy atom. The van der Waals surface area contributed by atoms with E-state index in [1.807, 2.05) is 0 Å². The first kappa shape index (κ1) is 61.9. The van der Waals surface area contributed by atoms with E-state index in [-0.39, 0.29) is 12.5 Å². The minimum absolute atomic E-state index is 0.0281. The van der Waals surface area contributed by atoms with Crippen molar-refractivity contribution in [2.45, 2.75) is 341 Å². The van der Waals surface area contributed by atoms with Crippen molar-refractivity contribution in [3.05, 3.63) is 24.3 Å². The number of aliphatic hydroxyl groups excluding tert-OH is 2. The van der Waals surface area contributed by atoms with Gasteiger partial charge in [-0.3, -0.25) is 4.79 Å². The molecule has 0 spiro atoms. The van der Waals surface area contributed by atoms with Gasteiger partial charge in [-0.05, 0) is 44.9 Å². The van der Waals surface area contributed by atoms with Crippen LogP contribution in [0.2, 0.25) is 0 Å². The lowest BCUT2D eigenvalue weighted by Gasteiger charge is -2.22. The minimum atomic E-state index is -0.660. The van der Waals surface area contributed by atoms with Gasteiger partial charge in [0.25, 0.3) is 0 Å². The first-order valence-corrected chi connectivity index (χ1v) is 29.0. The Kier molecular flexibility index (Phi) is 54.2. The van der Waals surface area contributed by atoms with Crippen LogP contribution in [0, 0.1) is 0 Å². The molecule has 0 rings (SSSR count). The molecule has 0 bridgehead atoms. The Bertz CT molecular complexity index is 916. The van der Waals surface area contributed by atoms with Gasteiger partial charge in [-0.15, -0.1) is 0 Å². The lowest BCUT2D eigenvalue weighted by atomic mass is 10.0. The summed E-state index contributed by atoms with van der Waals surface area (Å²) in [4.78, 5) is 12.5. The van der Waals surface area contributed by atoms with Crippen molar-refractivity contribution in [1.29, 1.82) is 0 Å². The molecule has 0 saturated heterocycles. The van der Waals surface area contributed by atoms with Gasteiger partial charge < -0.3 is 15.5 Å². The van der Waals surface area contributed by atoms with E-state index in [1.54, 1.807) is 0 Å². The molecule has 0 aliphatic carbocycles. The zero-order chi connectivity index (χ0) is 45.6. The van der Waals surface area contributed by atoms with E-state index in [2.05, 4.69) is 43.5 Å². The lowest BCUT2D eigenvalue weighted by molar-refractivity contribution is -0.123. The smallest absolute Gasteiger partial charge is 0.220 e. The predicted octanol–water partition coefficient (Wildman–Crippen LogP) is 19.1. The average Bonchev–Trinajstić information content (AvgIpc) is 3.29. The molecule has 0 aromatic rings. The van der Waals surface area contributed by atoms with Crippen molar-refractivity contribution in [3.8, 4) is 0 Å². The molecule has 63 heavy (non-hydrogen) atoms. The van der Waals surface area contributed by atoms with Crippen molar-refractivity contribution < 1.29 is 15.0 Å². The van der Waals surface area contributed by atoms with Crippen LogP contribution in [0.1, 0.15) is 328 Å². The van der Waals surface area contributed by atoms with Gasteiger partial charge in [0.15, 0.2) is 0 Å². The highest BCUT2D eigenvalue weighted by atomic mass is 16.3. The number of allylic oxidation sites excluding steroid dienone is 4. The quantitative estimate of drug-likeness (QED) is 0.0421. The molecule has 4 nitrogen and oxygen atoms in total. The zero-order valence-corrected chi connectivity index (χ0v) is 43.1. The van der Waals surface area contributed by atoms with Crippen LogP contribution in [0.4, 0.5) is 0 Å². The Balaban J connectivity index is 3.44. The molecule has 0 aliphatic rings. The molecule has 0 heterocycles. The molecule has 0 radical (unpaired) electrons. The van der Waals surface area contributed by atoms with E-state index in [0.29, 0.717) is 12.8 Å². The molecule has 0 aromatic carbocycles. The molecule has 2 unspecified atom stereocenters. The van der Waals surface area contributed by atoms with Gasteiger partial charge in [0.05, 0.1) is 18.8 Å². The van der Waals surface area contributed by atoms with Gasteiger partial charge in [0.2, 0.25) is 5.91 Å². The summed E-state index contributed by atoms with van der Waals surface area (Å²) in [5.74, 6) is -0.0281. The Morgan fingerprint density at radius 1 is 0.381 bits per heavy atom. The zero-order valence-electron chi connectivity index (χ0n) is 43.1. The number of carbonyl (C=O) groups excluding carboxylic acids is 1. The first-order chi connectivity index (χ1) is 31.2. The van der Waals surface area contributed by atoms with Gasteiger partial charge in [0, 0.05) is 6.42 Å². The van der Waals surface area contributed by atoms with E-state index in [1.165, 1.54) is 270 Å². The summed E-state index contributed by atoms with van der Waals surface area (Å²) < 4.78 is 0. The molecular weight excluding hydrogens is 771 g/mol. The maximum absolute atomic E-state index is 12.5. The topological polar surface area (TPSA) is 69.6 Å². The minimum Gasteiger partial charge on any atom is -0.394 e. The molecule has 0 fully saturated rings. The maximum atomic E-state index is 12.5.